The first-order valence-electron chi connectivity index (χ1n) is 2.88. The zero-order valence-electron chi connectivity index (χ0n) is 5.58. The van der Waals surface area contributed by atoms with E-state index < -0.39 is 22.5 Å². The molecule has 0 aliphatic rings. The van der Waals surface area contributed by atoms with Crippen molar-refractivity contribution in [2.24, 2.45) is 0 Å². The first-order chi connectivity index (χ1) is 5.25. The van der Waals surface area contributed by atoms with E-state index in [2.05, 4.69) is 0 Å². The highest BCUT2D eigenvalue weighted by Crippen LogP contribution is 2.42. The molecule has 0 aromatic rings. The molecule has 0 fully saturated rings. The molecule has 12 heavy (non-hydrogen) atoms. The maximum atomic E-state index is 5.72. The third-order valence-corrected chi connectivity index (χ3v) is 6.48. The van der Waals surface area contributed by atoms with Gasteiger partial charge in [-0.3, -0.25) is 0 Å². The third-order valence-electron chi connectivity index (χ3n) is 1.16. The molecule has 0 bridgehead atoms. The van der Waals surface area contributed by atoms with Crippen LogP contribution in [-0.2, 0) is 0 Å². The van der Waals surface area contributed by atoms with Gasteiger partial charge in [-0.15, -0.1) is 33.2 Å². The van der Waals surface area contributed by atoms with E-state index in [1.165, 1.54) is 0 Å². The fourth-order valence-electron chi connectivity index (χ4n) is 0.571. The van der Waals surface area contributed by atoms with Crippen LogP contribution in [0, 0.1) is 0 Å². The molecule has 1 unspecified atom stereocenters. The maximum Gasteiger partial charge on any atom is 0.355 e. The van der Waals surface area contributed by atoms with Gasteiger partial charge in [-0.25, -0.2) is 0 Å². The molecule has 0 aliphatic carbocycles. The van der Waals surface area contributed by atoms with Gasteiger partial charge in [0.05, 0.1) is 0 Å². The van der Waals surface area contributed by atoms with Crippen molar-refractivity contribution >= 4 is 96.2 Å². The molecule has 1 atom stereocenters. The largest absolute Gasteiger partial charge is 0.355 e. The Morgan fingerprint density at radius 3 is 1.50 bits per heavy atom. The average molecular weight is 325 g/mol. The molecule has 0 radical (unpaired) electrons. The molecule has 0 saturated carbocycles. The van der Waals surface area contributed by atoms with Crippen molar-refractivity contribution in [2.75, 3.05) is 0 Å². The topological polar surface area (TPSA) is 0 Å². The van der Waals surface area contributed by atoms with E-state index in [0.717, 1.165) is 0 Å². The summed E-state index contributed by atoms with van der Waals surface area (Å²) in [6.45, 7) is 0. The fourth-order valence-corrected chi connectivity index (χ4v) is 6.48. The highest BCUT2D eigenvalue weighted by molar-refractivity contribution is 7.68. The minimum absolute atomic E-state index is 0.295. The van der Waals surface area contributed by atoms with Crippen molar-refractivity contribution in [3.8, 4) is 0 Å². The lowest BCUT2D eigenvalue weighted by Gasteiger charge is -2.20. The van der Waals surface area contributed by atoms with E-state index in [0.29, 0.717) is 6.32 Å². The Kier molecular flexibility index (Phi) is 7.27. The summed E-state index contributed by atoms with van der Waals surface area (Å²) in [5.41, 5.74) is -1.80. The Balaban J connectivity index is 4.25. The quantitative estimate of drug-likeness (QED) is 0.528. The first kappa shape index (κ1) is 14.4. The highest BCUT2D eigenvalue weighted by atomic mass is 35.8. The van der Waals surface area contributed by atoms with Gasteiger partial charge in [0.2, 0.25) is 0 Å². The average Bonchev–Trinajstić information content (AvgIpc) is 1.79. The van der Waals surface area contributed by atoms with Crippen molar-refractivity contribution in [1.82, 2.24) is 0 Å². The highest BCUT2D eigenvalue weighted by Gasteiger charge is 2.44. The summed E-state index contributed by atoms with van der Waals surface area (Å²) >= 11 is 39.4. The predicted molar refractivity (Wildman–Crippen MR) is 66.8 cm³/mol. The molecular weight excluding hydrogens is 322 g/mol. The summed E-state index contributed by atoms with van der Waals surface area (Å²) in [6, 6.07) is -2.93. The smallest absolute Gasteiger partial charge is 0.172 e. The molecule has 0 rings (SSSR count). The van der Waals surface area contributed by atoms with Crippen LogP contribution in [-0.4, -0.2) is 17.1 Å². The second kappa shape index (κ2) is 6.07. The van der Waals surface area contributed by atoms with Crippen LogP contribution in [0.2, 0.25) is 11.8 Å². The SMILES string of the molecule is ClB(Cl)CC(B(Cl)Cl)[Si](Cl)(Cl)Cl. The summed E-state index contributed by atoms with van der Waals surface area (Å²) in [5, 5.41) is 0. The van der Waals surface area contributed by atoms with E-state index in [4.69, 9.17) is 79.1 Å². The molecule has 0 aliphatic heterocycles. The van der Waals surface area contributed by atoms with Crippen molar-refractivity contribution in [3.63, 3.8) is 0 Å². The lowest BCUT2D eigenvalue weighted by molar-refractivity contribution is 1.30. The maximum absolute atomic E-state index is 5.72. The molecule has 10 heteroatoms. The number of halogens is 7. The lowest BCUT2D eigenvalue weighted by atomic mass is 9.85. The van der Waals surface area contributed by atoms with Gasteiger partial charge in [-0.05, 0) is 6.32 Å². The van der Waals surface area contributed by atoms with Gasteiger partial charge in [-0.2, -0.15) is 45.8 Å². The van der Waals surface area contributed by atoms with Gasteiger partial charge in [0.1, 0.15) is 0 Å². The summed E-state index contributed by atoms with van der Waals surface area (Å²) in [4.78, 5) is 0. The zero-order chi connectivity index (χ0) is 9.94. The van der Waals surface area contributed by atoms with E-state index in [-0.39, 0.29) is 0 Å². The van der Waals surface area contributed by atoms with Crippen LogP contribution in [0.25, 0.3) is 0 Å². The van der Waals surface area contributed by atoms with Crippen LogP contribution in [0.3, 0.4) is 0 Å². The first-order valence-corrected chi connectivity index (χ1v) is 9.74. The van der Waals surface area contributed by atoms with Crippen LogP contribution in [0.15, 0.2) is 0 Å². The lowest BCUT2D eigenvalue weighted by Crippen LogP contribution is -2.29. The fraction of sp³-hybridized carbons (Fsp3) is 1.00. The molecule has 0 aromatic heterocycles. The Morgan fingerprint density at radius 2 is 1.42 bits per heavy atom. The van der Waals surface area contributed by atoms with Crippen molar-refractivity contribution in [1.29, 1.82) is 0 Å². The molecule has 0 amide bonds. The molecule has 0 N–H and O–H groups in total. The van der Waals surface area contributed by atoms with Crippen LogP contribution in [0.4, 0.5) is 0 Å². The van der Waals surface area contributed by atoms with Crippen molar-refractivity contribution < 1.29 is 0 Å². The van der Waals surface area contributed by atoms with E-state index in [1.54, 1.807) is 0 Å². The molecular formula is C2H3B2Cl7Si. The van der Waals surface area contributed by atoms with E-state index >= 15 is 0 Å². The van der Waals surface area contributed by atoms with Crippen LogP contribution < -0.4 is 0 Å². The van der Waals surface area contributed by atoms with Crippen LogP contribution in [0.5, 0.6) is 0 Å². The van der Waals surface area contributed by atoms with Gasteiger partial charge in [0, 0.05) is 5.44 Å². The standard InChI is InChI=1S/C2H3B2Cl7Si/c5-3(6)1-2(4(7)8)12(9,10)11/h2H,1H2. The predicted octanol–water partition coefficient (Wildman–Crippen LogP) is 4.48. The monoisotopic (exact) mass is 322 g/mol. The zero-order valence-corrected chi connectivity index (χ0v) is 11.9. The summed E-state index contributed by atoms with van der Waals surface area (Å²) in [5.74, 6) is 0. The van der Waals surface area contributed by atoms with Crippen molar-refractivity contribution in [3.05, 3.63) is 0 Å². The molecule has 0 nitrogen and oxygen atoms in total. The molecule has 0 heterocycles. The molecule has 70 valence electrons. The Labute approximate surface area is 107 Å². The van der Waals surface area contributed by atoms with Crippen LogP contribution in [0.1, 0.15) is 0 Å². The van der Waals surface area contributed by atoms with Gasteiger partial charge in [-0.1, -0.05) is 0 Å². The summed E-state index contributed by atoms with van der Waals surface area (Å²) in [7, 11) is 0. The Hall–Kier alpha value is 2.38. The summed E-state index contributed by atoms with van der Waals surface area (Å²) < 4.78 is 0. The number of hydrogen-bond donors (Lipinski definition) is 0. The van der Waals surface area contributed by atoms with Gasteiger partial charge in [0.25, 0.3) is 0 Å². The molecule has 0 spiro atoms. The normalized spacial score (nSPS) is 14.2. The minimum atomic E-state index is -2.93. The third kappa shape index (κ3) is 5.97. The minimum Gasteiger partial charge on any atom is -0.172 e. The van der Waals surface area contributed by atoms with Crippen molar-refractivity contribution in [2.45, 2.75) is 11.8 Å². The Bertz CT molecular complexity index is 134. The van der Waals surface area contributed by atoms with E-state index in [1.807, 2.05) is 0 Å². The second-order valence-electron chi connectivity index (χ2n) is 2.11. The number of hydrogen-bond acceptors (Lipinski definition) is 0. The number of rotatable bonds is 4. The van der Waals surface area contributed by atoms with Gasteiger partial charge < -0.3 is 0 Å². The van der Waals surface area contributed by atoms with E-state index in [9.17, 15) is 0 Å². The Morgan fingerprint density at radius 1 is 1.00 bits per heavy atom. The summed E-state index contributed by atoms with van der Waals surface area (Å²) in [6.07, 6.45) is 0.295. The van der Waals surface area contributed by atoms with Gasteiger partial charge >= 0.3 is 17.1 Å². The van der Waals surface area contributed by atoms with Crippen LogP contribution >= 0.6 is 79.1 Å². The molecule has 0 aromatic carbocycles. The van der Waals surface area contributed by atoms with Gasteiger partial charge in [0.15, 0.2) is 0 Å². The molecule has 0 saturated heterocycles. The second-order valence-corrected chi connectivity index (χ2v) is 13.5.